The summed E-state index contributed by atoms with van der Waals surface area (Å²) in [7, 11) is 2.25. The SMILES string of the molecule is CN(C1CCOCC1)C1CCN(C(=O)C2CCOC2)CC1. The number of nitrogens with zero attached hydrogens (tertiary/aromatic N) is 2. The highest BCUT2D eigenvalue weighted by Gasteiger charge is 2.33. The van der Waals surface area contributed by atoms with Crippen molar-refractivity contribution in [3.8, 4) is 0 Å². The van der Waals surface area contributed by atoms with Crippen molar-refractivity contribution in [3.05, 3.63) is 0 Å². The van der Waals surface area contributed by atoms with Gasteiger partial charge in [-0.25, -0.2) is 0 Å². The standard InChI is InChI=1S/C16H28N2O3/c1-17(15-5-10-20-11-6-15)14-2-7-18(8-3-14)16(19)13-4-9-21-12-13/h13-15H,2-12H2,1H3. The minimum absolute atomic E-state index is 0.120. The fraction of sp³-hybridized carbons (Fsp3) is 0.938. The predicted octanol–water partition coefficient (Wildman–Crippen LogP) is 1.12. The number of rotatable bonds is 3. The second kappa shape index (κ2) is 7.07. The van der Waals surface area contributed by atoms with Gasteiger partial charge in [0.25, 0.3) is 0 Å². The Hall–Kier alpha value is -0.650. The molecule has 0 N–H and O–H groups in total. The van der Waals surface area contributed by atoms with Crippen molar-refractivity contribution in [1.29, 1.82) is 0 Å². The summed E-state index contributed by atoms with van der Waals surface area (Å²) >= 11 is 0. The first-order valence-corrected chi connectivity index (χ1v) is 8.42. The van der Waals surface area contributed by atoms with Crippen LogP contribution < -0.4 is 0 Å². The minimum atomic E-state index is 0.120. The van der Waals surface area contributed by atoms with Gasteiger partial charge in [-0.3, -0.25) is 4.79 Å². The molecule has 3 aliphatic heterocycles. The van der Waals surface area contributed by atoms with E-state index in [2.05, 4.69) is 16.8 Å². The van der Waals surface area contributed by atoms with Crippen LogP contribution in [0.2, 0.25) is 0 Å². The molecule has 3 rings (SSSR count). The van der Waals surface area contributed by atoms with Gasteiger partial charge in [0.1, 0.15) is 0 Å². The van der Waals surface area contributed by atoms with Crippen LogP contribution in [0.3, 0.4) is 0 Å². The van der Waals surface area contributed by atoms with Crippen LogP contribution in [0.4, 0.5) is 0 Å². The molecule has 3 saturated heterocycles. The van der Waals surface area contributed by atoms with Crippen LogP contribution in [0.1, 0.15) is 32.1 Å². The monoisotopic (exact) mass is 296 g/mol. The summed E-state index contributed by atoms with van der Waals surface area (Å²) in [6.07, 6.45) is 5.41. The molecule has 0 radical (unpaired) electrons. The van der Waals surface area contributed by atoms with Gasteiger partial charge in [-0.05, 0) is 39.2 Å². The molecule has 3 heterocycles. The molecule has 0 aromatic carbocycles. The molecule has 3 fully saturated rings. The summed E-state index contributed by atoms with van der Waals surface area (Å²) in [4.78, 5) is 17.0. The summed E-state index contributed by atoms with van der Waals surface area (Å²) in [5, 5.41) is 0. The average Bonchev–Trinajstić information content (AvgIpc) is 3.09. The smallest absolute Gasteiger partial charge is 0.228 e. The maximum absolute atomic E-state index is 12.4. The second-order valence-electron chi connectivity index (χ2n) is 6.63. The molecule has 0 saturated carbocycles. The van der Waals surface area contributed by atoms with E-state index < -0.39 is 0 Å². The minimum Gasteiger partial charge on any atom is -0.381 e. The summed E-state index contributed by atoms with van der Waals surface area (Å²) in [6.45, 7) is 4.99. The number of carbonyl (C=O) groups excluding carboxylic acids is 1. The number of likely N-dealkylation sites (tertiary alicyclic amines) is 1. The summed E-state index contributed by atoms with van der Waals surface area (Å²) in [5.74, 6) is 0.439. The molecule has 1 amide bonds. The number of carbonyl (C=O) groups is 1. The lowest BCUT2D eigenvalue weighted by atomic mass is 9.97. The van der Waals surface area contributed by atoms with Crippen molar-refractivity contribution in [2.45, 2.75) is 44.2 Å². The van der Waals surface area contributed by atoms with Crippen molar-refractivity contribution in [1.82, 2.24) is 9.80 Å². The van der Waals surface area contributed by atoms with E-state index in [1.807, 2.05) is 0 Å². The fourth-order valence-corrected chi connectivity index (χ4v) is 3.87. The first-order chi connectivity index (χ1) is 10.3. The third-order valence-corrected chi connectivity index (χ3v) is 5.40. The largest absolute Gasteiger partial charge is 0.381 e. The van der Waals surface area contributed by atoms with Crippen LogP contribution in [0.15, 0.2) is 0 Å². The van der Waals surface area contributed by atoms with Gasteiger partial charge >= 0.3 is 0 Å². The topological polar surface area (TPSA) is 42.0 Å². The average molecular weight is 296 g/mol. The molecule has 3 aliphatic rings. The number of hydrogen-bond acceptors (Lipinski definition) is 4. The summed E-state index contributed by atoms with van der Waals surface area (Å²) in [6, 6.07) is 1.28. The Balaban J connectivity index is 1.46. The Morgan fingerprint density at radius 3 is 2.19 bits per heavy atom. The quantitative estimate of drug-likeness (QED) is 0.783. The van der Waals surface area contributed by atoms with Gasteiger partial charge in [0.15, 0.2) is 0 Å². The molecule has 21 heavy (non-hydrogen) atoms. The Bertz CT molecular complexity index is 343. The Morgan fingerprint density at radius 1 is 0.952 bits per heavy atom. The highest BCUT2D eigenvalue weighted by atomic mass is 16.5. The van der Waals surface area contributed by atoms with Gasteiger partial charge in [0.05, 0.1) is 12.5 Å². The van der Waals surface area contributed by atoms with Crippen LogP contribution in [0.5, 0.6) is 0 Å². The van der Waals surface area contributed by atoms with Gasteiger partial charge < -0.3 is 19.3 Å². The van der Waals surface area contributed by atoms with Gasteiger partial charge in [-0.2, -0.15) is 0 Å². The molecule has 5 heteroatoms. The zero-order valence-electron chi connectivity index (χ0n) is 13.1. The maximum atomic E-state index is 12.4. The first kappa shape index (κ1) is 15.3. The molecule has 0 aromatic heterocycles. The zero-order chi connectivity index (χ0) is 14.7. The van der Waals surface area contributed by atoms with E-state index >= 15 is 0 Å². The van der Waals surface area contributed by atoms with Crippen molar-refractivity contribution in [2.24, 2.45) is 5.92 Å². The van der Waals surface area contributed by atoms with E-state index in [-0.39, 0.29) is 5.92 Å². The molecule has 120 valence electrons. The molecular formula is C16H28N2O3. The normalized spacial score (nSPS) is 29.2. The van der Waals surface area contributed by atoms with E-state index in [9.17, 15) is 4.79 Å². The highest BCUT2D eigenvalue weighted by molar-refractivity contribution is 5.79. The third kappa shape index (κ3) is 3.58. The molecule has 1 unspecified atom stereocenters. The number of hydrogen-bond donors (Lipinski definition) is 0. The van der Waals surface area contributed by atoms with Crippen molar-refractivity contribution >= 4 is 5.91 Å². The van der Waals surface area contributed by atoms with Crippen LogP contribution in [-0.4, -0.2) is 74.4 Å². The van der Waals surface area contributed by atoms with Gasteiger partial charge in [-0.1, -0.05) is 0 Å². The van der Waals surface area contributed by atoms with Crippen LogP contribution in [0.25, 0.3) is 0 Å². The Morgan fingerprint density at radius 2 is 1.57 bits per heavy atom. The number of amides is 1. The number of ether oxygens (including phenoxy) is 2. The lowest BCUT2D eigenvalue weighted by Gasteiger charge is -2.42. The van der Waals surface area contributed by atoms with Gasteiger partial charge in [-0.15, -0.1) is 0 Å². The van der Waals surface area contributed by atoms with Crippen LogP contribution >= 0.6 is 0 Å². The van der Waals surface area contributed by atoms with Crippen LogP contribution in [0, 0.1) is 5.92 Å². The van der Waals surface area contributed by atoms with E-state index in [0.717, 1.165) is 65.0 Å². The second-order valence-corrected chi connectivity index (χ2v) is 6.63. The third-order valence-electron chi connectivity index (χ3n) is 5.40. The Kier molecular flexibility index (Phi) is 5.14. The van der Waals surface area contributed by atoms with Gasteiger partial charge in [0.2, 0.25) is 5.91 Å². The van der Waals surface area contributed by atoms with Crippen molar-refractivity contribution < 1.29 is 14.3 Å². The first-order valence-electron chi connectivity index (χ1n) is 8.42. The molecule has 0 aromatic rings. The summed E-state index contributed by atoms with van der Waals surface area (Å²) in [5.41, 5.74) is 0. The predicted molar refractivity (Wildman–Crippen MR) is 80.1 cm³/mol. The highest BCUT2D eigenvalue weighted by Crippen LogP contribution is 2.24. The zero-order valence-corrected chi connectivity index (χ0v) is 13.1. The Labute approximate surface area is 127 Å². The van der Waals surface area contributed by atoms with Crippen molar-refractivity contribution in [2.75, 3.05) is 46.6 Å². The molecule has 1 atom stereocenters. The lowest BCUT2D eigenvalue weighted by Crippen LogP contribution is -2.50. The van der Waals surface area contributed by atoms with E-state index in [1.54, 1.807) is 0 Å². The molecular weight excluding hydrogens is 268 g/mol. The van der Waals surface area contributed by atoms with E-state index in [0.29, 0.717) is 24.6 Å². The maximum Gasteiger partial charge on any atom is 0.228 e. The molecule has 0 spiro atoms. The molecule has 0 aliphatic carbocycles. The van der Waals surface area contributed by atoms with Crippen molar-refractivity contribution in [3.63, 3.8) is 0 Å². The van der Waals surface area contributed by atoms with Gasteiger partial charge in [0, 0.05) is 45.0 Å². The number of piperidine rings is 1. The molecule has 0 bridgehead atoms. The summed E-state index contributed by atoms with van der Waals surface area (Å²) < 4.78 is 10.8. The van der Waals surface area contributed by atoms with E-state index in [1.165, 1.54) is 0 Å². The molecule has 5 nitrogen and oxygen atoms in total. The van der Waals surface area contributed by atoms with Crippen LogP contribution in [-0.2, 0) is 14.3 Å². The fourth-order valence-electron chi connectivity index (χ4n) is 3.87. The lowest BCUT2D eigenvalue weighted by molar-refractivity contribution is -0.137. The van der Waals surface area contributed by atoms with E-state index in [4.69, 9.17) is 9.47 Å².